The van der Waals surface area contributed by atoms with E-state index in [0.717, 1.165) is 4.68 Å². The molecule has 2 aromatic rings. The first-order valence-corrected chi connectivity index (χ1v) is 8.57. The van der Waals surface area contributed by atoms with Gasteiger partial charge < -0.3 is 15.2 Å². The van der Waals surface area contributed by atoms with E-state index in [0.29, 0.717) is 17.3 Å². The van der Waals surface area contributed by atoms with Crippen LogP contribution in [0.3, 0.4) is 0 Å². The van der Waals surface area contributed by atoms with Gasteiger partial charge in [0.25, 0.3) is 5.56 Å². The zero-order valence-corrected chi connectivity index (χ0v) is 15.3. The maximum Gasteiger partial charge on any atom is 0.278 e. The maximum atomic E-state index is 12.8. The fourth-order valence-electron chi connectivity index (χ4n) is 2.72. The molecular weight excluding hydrogens is 336 g/mol. The Bertz CT molecular complexity index is 860. The van der Waals surface area contributed by atoms with Gasteiger partial charge in [0.1, 0.15) is 11.6 Å². The van der Waals surface area contributed by atoms with Gasteiger partial charge in [0.05, 0.1) is 17.4 Å². The number of carboxylic acids is 1. The monoisotopic (exact) mass is 359 g/mol. The molecule has 0 radical (unpaired) electrons. The molecule has 26 heavy (non-hydrogen) atoms. The lowest BCUT2D eigenvalue weighted by molar-refractivity contribution is -0.309. The molecule has 2 rings (SSSR count). The summed E-state index contributed by atoms with van der Waals surface area (Å²) in [5.74, 6) is -2.24. The van der Waals surface area contributed by atoms with Gasteiger partial charge in [0.2, 0.25) is 5.91 Å². The molecule has 1 aromatic heterocycles. The molecule has 0 aliphatic rings. The van der Waals surface area contributed by atoms with Gasteiger partial charge in [-0.05, 0) is 30.4 Å². The highest BCUT2D eigenvalue weighted by Gasteiger charge is 2.28. The summed E-state index contributed by atoms with van der Waals surface area (Å²) < 4.78 is 1.03. The highest BCUT2D eigenvalue weighted by atomic mass is 16.4. The normalized spacial score (nSPS) is 13.8. The van der Waals surface area contributed by atoms with Gasteiger partial charge in [-0.3, -0.25) is 9.59 Å². The highest BCUT2D eigenvalue weighted by molar-refractivity contribution is 5.85. The smallest absolute Gasteiger partial charge is 0.278 e. The number of nitrogens with zero attached hydrogens (tertiary/aromatic N) is 3. The van der Waals surface area contributed by atoms with Crippen LogP contribution in [0.2, 0.25) is 0 Å². The molecule has 1 N–H and O–H groups in total. The van der Waals surface area contributed by atoms with Crippen molar-refractivity contribution in [2.75, 3.05) is 0 Å². The number of carbonyl (C=O) groups excluding carboxylic acids is 2. The summed E-state index contributed by atoms with van der Waals surface area (Å²) in [7, 11) is 0. The Hall–Kier alpha value is -2.77. The van der Waals surface area contributed by atoms with Crippen LogP contribution in [-0.4, -0.2) is 32.9 Å². The lowest BCUT2D eigenvalue weighted by Gasteiger charge is -2.27. The summed E-state index contributed by atoms with van der Waals surface area (Å²) in [6.45, 7) is 7.14. The van der Waals surface area contributed by atoms with Gasteiger partial charge in [0.15, 0.2) is 0 Å². The van der Waals surface area contributed by atoms with Crippen LogP contribution in [0.4, 0.5) is 0 Å². The van der Waals surface area contributed by atoms with Crippen LogP contribution in [0, 0.1) is 11.8 Å². The first-order chi connectivity index (χ1) is 12.2. The minimum Gasteiger partial charge on any atom is -0.548 e. The molecule has 0 unspecified atom stereocenters. The van der Waals surface area contributed by atoms with Gasteiger partial charge in [-0.1, -0.05) is 45.0 Å². The van der Waals surface area contributed by atoms with Crippen LogP contribution in [0.1, 0.15) is 40.2 Å². The third-order valence-corrected chi connectivity index (χ3v) is 4.10. The van der Waals surface area contributed by atoms with Crippen molar-refractivity contribution in [3.05, 3.63) is 34.6 Å². The molecule has 0 saturated carbocycles. The number of fused-ring (bicyclic) bond motifs is 1. The van der Waals surface area contributed by atoms with Crippen LogP contribution < -0.4 is 16.0 Å². The highest BCUT2D eigenvalue weighted by Crippen LogP contribution is 2.17. The number of amides is 1. The van der Waals surface area contributed by atoms with E-state index in [4.69, 9.17) is 0 Å². The molecule has 0 aliphatic carbocycles. The predicted octanol–water partition coefficient (Wildman–Crippen LogP) is 0.269. The van der Waals surface area contributed by atoms with E-state index < -0.39 is 29.5 Å². The van der Waals surface area contributed by atoms with E-state index in [-0.39, 0.29) is 11.8 Å². The molecule has 140 valence electrons. The first kappa shape index (κ1) is 19.6. The Kier molecular flexibility index (Phi) is 6.07. The molecule has 1 aromatic carbocycles. The van der Waals surface area contributed by atoms with Gasteiger partial charge >= 0.3 is 0 Å². The molecule has 8 nitrogen and oxygen atoms in total. The molecule has 1 amide bonds. The van der Waals surface area contributed by atoms with Crippen LogP contribution in [0.15, 0.2) is 29.1 Å². The molecule has 0 fully saturated rings. The average molecular weight is 359 g/mol. The van der Waals surface area contributed by atoms with E-state index in [1.807, 2.05) is 13.8 Å². The largest absolute Gasteiger partial charge is 0.548 e. The Balaban J connectivity index is 2.44. The second kappa shape index (κ2) is 8.07. The van der Waals surface area contributed by atoms with E-state index >= 15 is 0 Å². The summed E-state index contributed by atoms with van der Waals surface area (Å²) in [5, 5.41) is 22.0. The minimum absolute atomic E-state index is 0.0753. The Morgan fingerprint density at radius 2 is 1.85 bits per heavy atom. The molecule has 0 bridgehead atoms. The molecular formula is C18H23N4O4-. The lowest BCUT2D eigenvalue weighted by Crippen LogP contribution is -2.53. The Morgan fingerprint density at radius 1 is 1.19 bits per heavy atom. The van der Waals surface area contributed by atoms with Crippen molar-refractivity contribution in [2.45, 2.75) is 46.2 Å². The maximum absolute atomic E-state index is 12.8. The molecule has 8 heteroatoms. The topological polar surface area (TPSA) is 117 Å². The summed E-state index contributed by atoms with van der Waals surface area (Å²) in [5.41, 5.74) is -0.00167. The summed E-state index contributed by atoms with van der Waals surface area (Å²) in [6, 6.07) is 4.62. The molecule has 0 spiro atoms. The second-order valence-electron chi connectivity index (χ2n) is 7.05. The Morgan fingerprint density at radius 3 is 2.42 bits per heavy atom. The van der Waals surface area contributed by atoms with Crippen molar-refractivity contribution in [3.63, 3.8) is 0 Å². The number of aromatic nitrogens is 3. The summed E-state index contributed by atoms with van der Waals surface area (Å²) in [6.07, 6.45) is 0.316. The number of hydrogen-bond acceptors (Lipinski definition) is 6. The zero-order valence-electron chi connectivity index (χ0n) is 15.3. The third-order valence-electron chi connectivity index (χ3n) is 4.10. The summed E-state index contributed by atoms with van der Waals surface area (Å²) >= 11 is 0. The number of benzene rings is 1. The van der Waals surface area contributed by atoms with Crippen LogP contribution >= 0.6 is 0 Å². The van der Waals surface area contributed by atoms with Crippen molar-refractivity contribution >= 4 is 22.8 Å². The second-order valence-corrected chi connectivity index (χ2v) is 7.05. The third kappa shape index (κ3) is 4.25. The van der Waals surface area contributed by atoms with Crippen LogP contribution in [-0.2, 0) is 9.59 Å². The number of carboxylic acid groups (broad SMARTS) is 1. The van der Waals surface area contributed by atoms with Gasteiger partial charge in [-0.2, -0.15) is 4.68 Å². The quantitative estimate of drug-likeness (QED) is 0.758. The van der Waals surface area contributed by atoms with Crippen molar-refractivity contribution < 1.29 is 14.7 Å². The molecule has 0 aliphatic heterocycles. The van der Waals surface area contributed by atoms with E-state index in [1.54, 1.807) is 38.1 Å². The molecule has 1 heterocycles. The van der Waals surface area contributed by atoms with Crippen LogP contribution in [0.5, 0.6) is 0 Å². The SMILES string of the molecule is CC(C)C[C@H](C(=O)N[C@H](C(=O)[O-])C(C)C)n1nnc2ccccc2c1=O. The van der Waals surface area contributed by atoms with Crippen molar-refractivity contribution in [2.24, 2.45) is 11.8 Å². The predicted molar refractivity (Wildman–Crippen MR) is 94.1 cm³/mol. The fourth-order valence-corrected chi connectivity index (χ4v) is 2.72. The molecule has 0 saturated heterocycles. The number of aliphatic carboxylic acids is 1. The Labute approximate surface area is 151 Å². The average Bonchev–Trinajstić information content (AvgIpc) is 2.57. The zero-order chi connectivity index (χ0) is 19.4. The number of rotatable bonds is 7. The van der Waals surface area contributed by atoms with Crippen molar-refractivity contribution in [1.82, 2.24) is 20.3 Å². The van der Waals surface area contributed by atoms with Crippen molar-refractivity contribution in [1.29, 1.82) is 0 Å². The van der Waals surface area contributed by atoms with Gasteiger partial charge in [-0.15, -0.1) is 5.10 Å². The minimum atomic E-state index is -1.37. The van der Waals surface area contributed by atoms with Gasteiger partial charge in [-0.25, -0.2) is 0 Å². The lowest BCUT2D eigenvalue weighted by atomic mass is 10.0. The standard InChI is InChI=1S/C18H24N4O4/c1-10(2)9-14(16(23)19-15(11(3)4)18(25)26)22-17(24)12-7-5-6-8-13(12)20-21-22/h5-8,10-11,14-15H,9H2,1-4H3,(H,19,23)(H,25,26)/p-1/t14-,15+/m1/s1. The van der Waals surface area contributed by atoms with Crippen molar-refractivity contribution in [3.8, 4) is 0 Å². The van der Waals surface area contributed by atoms with E-state index in [9.17, 15) is 19.5 Å². The van der Waals surface area contributed by atoms with E-state index in [1.165, 1.54) is 0 Å². The first-order valence-electron chi connectivity index (χ1n) is 8.57. The number of hydrogen-bond donors (Lipinski definition) is 1. The molecule has 2 atom stereocenters. The van der Waals surface area contributed by atoms with Crippen LogP contribution in [0.25, 0.3) is 10.9 Å². The van der Waals surface area contributed by atoms with Gasteiger partial charge in [0, 0.05) is 0 Å². The number of nitrogens with one attached hydrogen (secondary N) is 1. The fraction of sp³-hybridized carbons (Fsp3) is 0.500. The van der Waals surface area contributed by atoms with E-state index in [2.05, 4.69) is 15.6 Å². The summed E-state index contributed by atoms with van der Waals surface area (Å²) in [4.78, 5) is 36.8. The number of carbonyl (C=O) groups is 2.